The second-order valence-electron chi connectivity index (χ2n) is 5.50. The molecule has 0 saturated heterocycles. The summed E-state index contributed by atoms with van der Waals surface area (Å²) in [4.78, 5) is 12.2. The Morgan fingerprint density at radius 1 is 1.17 bits per heavy atom. The number of halogens is 1. The highest BCUT2D eigenvalue weighted by Crippen LogP contribution is 2.22. The molecule has 0 bridgehead atoms. The summed E-state index contributed by atoms with van der Waals surface area (Å²) < 4.78 is 11.7. The van der Waals surface area contributed by atoms with Gasteiger partial charge in [-0.1, -0.05) is 35.0 Å². The second kappa shape index (κ2) is 8.73. The van der Waals surface area contributed by atoms with Crippen LogP contribution in [0.4, 0.5) is 0 Å². The molecule has 0 aliphatic heterocycles. The minimum Gasteiger partial charge on any atom is -0.497 e. The molecule has 4 nitrogen and oxygen atoms in total. The van der Waals surface area contributed by atoms with Crippen molar-refractivity contribution in [2.24, 2.45) is 0 Å². The van der Waals surface area contributed by atoms with E-state index >= 15 is 0 Å². The number of aryl methyl sites for hydroxylation is 1. The summed E-state index contributed by atoms with van der Waals surface area (Å²) in [6, 6.07) is 13.3. The summed E-state index contributed by atoms with van der Waals surface area (Å²) in [5.74, 6) is 1.34. The third-order valence-corrected chi connectivity index (χ3v) is 4.65. The minimum atomic E-state index is -0.141. The lowest BCUT2D eigenvalue weighted by Gasteiger charge is -2.18. The van der Waals surface area contributed by atoms with E-state index in [2.05, 4.69) is 21.2 Å². The average Bonchev–Trinajstić information content (AvgIpc) is 2.61. The van der Waals surface area contributed by atoms with Crippen LogP contribution in [0.5, 0.6) is 11.5 Å². The van der Waals surface area contributed by atoms with Gasteiger partial charge in [-0.25, -0.2) is 0 Å². The summed E-state index contributed by atoms with van der Waals surface area (Å²) in [6.07, 6.45) is 0.801. The molecule has 0 fully saturated rings. The Labute approximate surface area is 151 Å². The van der Waals surface area contributed by atoms with E-state index < -0.39 is 0 Å². The number of ether oxygens (including phenoxy) is 2. The number of methoxy groups -OCH3 is 1. The molecule has 128 valence electrons. The third kappa shape index (κ3) is 4.99. The maximum atomic E-state index is 12.2. The number of nitrogens with one attached hydrogen (secondary N) is 1. The first-order chi connectivity index (χ1) is 11.5. The van der Waals surface area contributed by atoms with Crippen LogP contribution in [0.1, 0.15) is 30.5 Å². The fourth-order valence-corrected chi connectivity index (χ4v) is 2.60. The summed E-state index contributed by atoms with van der Waals surface area (Å²) in [7, 11) is 1.63. The molecule has 1 atom stereocenters. The van der Waals surface area contributed by atoms with Crippen molar-refractivity contribution in [3.8, 4) is 11.5 Å². The van der Waals surface area contributed by atoms with E-state index in [4.69, 9.17) is 9.47 Å². The monoisotopic (exact) mass is 391 g/mol. The molecule has 2 rings (SSSR count). The van der Waals surface area contributed by atoms with Crippen LogP contribution < -0.4 is 14.8 Å². The van der Waals surface area contributed by atoms with Crippen molar-refractivity contribution in [1.29, 1.82) is 0 Å². The van der Waals surface area contributed by atoms with Gasteiger partial charge in [0.25, 0.3) is 5.91 Å². The van der Waals surface area contributed by atoms with Gasteiger partial charge in [0.05, 0.1) is 13.2 Å². The van der Waals surface area contributed by atoms with E-state index in [0.29, 0.717) is 5.75 Å². The Balaban J connectivity index is 1.92. The molecule has 0 heterocycles. The summed E-state index contributed by atoms with van der Waals surface area (Å²) in [6.45, 7) is 4.01. The standard InChI is InChI=1S/C19H22BrNO3/c1-4-18(14-5-7-15(23-3)8-6-14)21-19(22)12-24-16-9-10-17(20)13(2)11-16/h5-11,18H,4,12H2,1-3H3,(H,21,22)/t18-/m0/s1. The highest BCUT2D eigenvalue weighted by Gasteiger charge is 2.13. The van der Waals surface area contributed by atoms with Gasteiger partial charge < -0.3 is 14.8 Å². The van der Waals surface area contributed by atoms with Gasteiger partial charge in [-0.15, -0.1) is 0 Å². The molecule has 0 aliphatic carbocycles. The largest absolute Gasteiger partial charge is 0.497 e. The highest BCUT2D eigenvalue weighted by molar-refractivity contribution is 9.10. The molecular weight excluding hydrogens is 370 g/mol. The Morgan fingerprint density at radius 3 is 2.42 bits per heavy atom. The third-order valence-electron chi connectivity index (χ3n) is 3.76. The molecule has 2 aromatic rings. The van der Waals surface area contributed by atoms with Gasteiger partial charge in [0.2, 0.25) is 0 Å². The second-order valence-corrected chi connectivity index (χ2v) is 6.36. The molecule has 0 aliphatic rings. The normalized spacial score (nSPS) is 11.7. The quantitative estimate of drug-likeness (QED) is 0.759. The van der Waals surface area contributed by atoms with Gasteiger partial charge in [0.15, 0.2) is 6.61 Å². The Hall–Kier alpha value is -2.01. The van der Waals surface area contributed by atoms with Gasteiger partial charge in [-0.05, 0) is 54.8 Å². The van der Waals surface area contributed by atoms with E-state index in [1.165, 1.54) is 0 Å². The van der Waals surface area contributed by atoms with Crippen LogP contribution >= 0.6 is 15.9 Å². The number of benzene rings is 2. The van der Waals surface area contributed by atoms with E-state index in [-0.39, 0.29) is 18.6 Å². The van der Waals surface area contributed by atoms with E-state index in [9.17, 15) is 4.79 Å². The van der Waals surface area contributed by atoms with Crippen molar-refractivity contribution in [3.05, 3.63) is 58.1 Å². The SMILES string of the molecule is CC[C@H](NC(=O)COc1ccc(Br)c(C)c1)c1ccc(OC)cc1. The lowest BCUT2D eigenvalue weighted by atomic mass is 10.0. The Kier molecular flexibility index (Phi) is 6.67. The van der Waals surface area contributed by atoms with Gasteiger partial charge >= 0.3 is 0 Å². The van der Waals surface area contributed by atoms with Crippen molar-refractivity contribution in [2.75, 3.05) is 13.7 Å². The maximum Gasteiger partial charge on any atom is 0.258 e. The predicted octanol–water partition coefficient (Wildman–Crippen LogP) is 4.41. The Bertz CT molecular complexity index is 686. The number of hydrogen-bond acceptors (Lipinski definition) is 3. The van der Waals surface area contributed by atoms with Gasteiger partial charge in [-0.3, -0.25) is 4.79 Å². The van der Waals surface area contributed by atoms with Crippen LogP contribution in [0.25, 0.3) is 0 Å². The van der Waals surface area contributed by atoms with Crippen molar-refractivity contribution >= 4 is 21.8 Å². The average molecular weight is 392 g/mol. The molecule has 0 saturated carbocycles. The van der Waals surface area contributed by atoms with Crippen molar-refractivity contribution in [1.82, 2.24) is 5.32 Å². The maximum absolute atomic E-state index is 12.2. The van der Waals surface area contributed by atoms with Gasteiger partial charge in [0.1, 0.15) is 11.5 Å². The van der Waals surface area contributed by atoms with Gasteiger partial charge in [-0.2, -0.15) is 0 Å². The molecule has 1 amide bonds. The van der Waals surface area contributed by atoms with Crippen LogP contribution in [-0.2, 0) is 4.79 Å². The molecule has 1 N–H and O–H groups in total. The first-order valence-corrected chi connectivity index (χ1v) is 8.65. The molecule has 5 heteroatoms. The summed E-state index contributed by atoms with van der Waals surface area (Å²) in [5.41, 5.74) is 2.11. The molecule has 0 aromatic heterocycles. The molecule has 24 heavy (non-hydrogen) atoms. The zero-order valence-electron chi connectivity index (χ0n) is 14.1. The fourth-order valence-electron chi connectivity index (χ4n) is 2.35. The van der Waals surface area contributed by atoms with Crippen LogP contribution in [0.2, 0.25) is 0 Å². The first kappa shape index (κ1) is 18.3. The van der Waals surface area contributed by atoms with Crippen molar-refractivity contribution in [3.63, 3.8) is 0 Å². The molecular formula is C19H22BrNO3. The van der Waals surface area contributed by atoms with E-state index in [1.54, 1.807) is 7.11 Å². The lowest BCUT2D eigenvalue weighted by molar-refractivity contribution is -0.123. The molecule has 0 unspecified atom stereocenters. The van der Waals surface area contributed by atoms with Crippen LogP contribution in [0.3, 0.4) is 0 Å². The van der Waals surface area contributed by atoms with Crippen LogP contribution in [0, 0.1) is 6.92 Å². The summed E-state index contributed by atoms with van der Waals surface area (Å²) >= 11 is 3.44. The number of hydrogen-bond donors (Lipinski definition) is 1. The van der Waals surface area contributed by atoms with Gasteiger partial charge in [0, 0.05) is 4.47 Å². The summed E-state index contributed by atoms with van der Waals surface area (Å²) in [5, 5.41) is 3.00. The molecule has 2 aromatic carbocycles. The smallest absolute Gasteiger partial charge is 0.258 e. The first-order valence-electron chi connectivity index (χ1n) is 7.85. The number of amides is 1. The number of carbonyl (C=O) groups excluding carboxylic acids is 1. The number of carbonyl (C=O) groups is 1. The van der Waals surface area contributed by atoms with E-state index in [1.807, 2.05) is 56.3 Å². The van der Waals surface area contributed by atoms with Crippen molar-refractivity contribution in [2.45, 2.75) is 26.3 Å². The fraction of sp³-hybridized carbons (Fsp3) is 0.316. The molecule has 0 spiro atoms. The zero-order chi connectivity index (χ0) is 17.5. The van der Waals surface area contributed by atoms with Crippen molar-refractivity contribution < 1.29 is 14.3 Å². The predicted molar refractivity (Wildman–Crippen MR) is 98.5 cm³/mol. The Morgan fingerprint density at radius 2 is 1.83 bits per heavy atom. The van der Waals surface area contributed by atoms with Crippen LogP contribution in [0.15, 0.2) is 46.9 Å². The minimum absolute atomic E-state index is 0.00622. The molecule has 0 radical (unpaired) electrons. The van der Waals surface area contributed by atoms with Crippen LogP contribution in [-0.4, -0.2) is 19.6 Å². The lowest BCUT2D eigenvalue weighted by Crippen LogP contribution is -2.32. The zero-order valence-corrected chi connectivity index (χ0v) is 15.7. The van der Waals surface area contributed by atoms with E-state index in [0.717, 1.165) is 27.8 Å². The topological polar surface area (TPSA) is 47.6 Å². The number of rotatable bonds is 7. The highest BCUT2D eigenvalue weighted by atomic mass is 79.9.